The number of nitrogens with one attached hydrogen (secondary N) is 1. The summed E-state index contributed by atoms with van der Waals surface area (Å²) in [5.74, 6) is 0.740. The number of sulfonamides is 1. The number of benzene rings is 1. The summed E-state index contributed by atoms with van der Waals surface area (Å²) in [6, 6.07) is 7.49. The molecule has 0 radical (unpaired) electrons. The highest BCUT2D eigenvalue weighted by atomic mass is 32.2. The molecule has 0 spiro atoms. The number of halogens is 3. The maximum Gasteiger partial charge on any atom is 0.511 e. The highest BCUT2D eigenvalue weighted by molar-refractivity contribution is 7.90. The largest absolute Gasteiger partial charge is 0.511 e. The molecule has 2 aromatic rings. The Balaban J connectivity index is 1.60. The van der Waals surface area contributed by atoms with Crippen LogP contribution < -0.4 is 5.32 Å². The van der Waals surface area contributed by atoms with Crippen molar-refractivity contribution in [3.63, 3.8) is 0 Å². The van der Waals surface area contributed by atoms with Gasteiger partial charge in [-0.15, -0.1) is 0 Å². The Morgan fingerprint density at radius 1 is 1.16 bits per heavy atom. The van der Waals surface area contributed by atoms with E-state index < -0.39 is 15.5 Å². The van der Waals surface area contributed by atoms with Crippen molar-refractivity contribution in [3.05, 3.63) is 30.6 Å². The van der Waals surface area contributed by atoms with Crippen LogP contribution in [-0.4, -0.2) is 47.8 Å². The lowest BCUT2D eigenvalue weighted by atomic mass is 9.98. The number of nitrogens with zero attached hydrogens (tertiary/aromatic N) is 3. The molecular weight excluding hydrogens is 357 g/mol. The van der Waals surface area contributed by atoms with Crippen molar-refractivity contribution in [2.24, 2.45) is 5.92 Å². The summed E-state index contributed by atoms with van der Waals surface area (Å²) in [6.45, 7) is 0.262. The Morgan fingerprint density at radius 2 is 1.84 bits per heavy atom. The molecule has 0 amide bonds. The molecule has 2 heterocycles. The molecule has 0 aliphatic carbocycles. The topological polar surface area (TPSA) is 75.2 Å². The SMILES string of the molecule is O=S(=O)(N1CCC(CNc2ncnc3ccccc23)CC1)C(F)(F)F. The number of alkyl halides is 3. The van der Waals surface area contributed by atoms with Gasteiger partial charge in [0.2, 0.25) is 0 Å². The number of piperidine rings is 1. The van der Waals surface area contributed by atoms with E-state index in [0.717, 1.165) is 10.9 Å². The normalized spacial score (nSPS) is 17.7. The zero-order chi connectivity index (χ0) is 18.1. The van der Waals surface area contributed by atoms with Crippen LogP contribution in [-0.2, 0) is 10.0 Å². The van der Waals surface area contributed by atoms with Crippen LogP contribution in [0.4, 0.5) is 19.0 Å². The van der Waals surface area contributed by atoms with Crippen molar-refractivity contribution in [1.29, 1.82) is 0 Å². The van der Waals surface area contributed by atoms with Gasteiger partial charge >= 0.3 is 15.5 Å². The number of aromatic nitrogens is 2. The van der Waals surface area contributed by atoms with Crippen molar-refractivity contribution >= 4 is 26.7 Å². The fraction of sp³-hybridized carbons (Fsp3) is 0.467. The first-order valence-electron chi connectivity index (χ1n) is 7.79. The molecule has 1 fully saturated rings. The minimum absolute atomic E-state index is 0.0772. The van der Waals surface area contributed by atoms with Crippen LogP contribution in [0.15, 0.2) is 30.6 Å². The van der Waals surface area contributed by atoms with E-state index in [1.807, 2.05) is 24.3 Å². The van der Waals surface area contributed by atoms with Crippen molar-refractivity contribution < 1.29 is 21.6 Å². The van der Waals surface area contributed by atoms with Gasteiger partial charge in [-0.1, -0.05) is 12.1 Å². The molecule has 6 nitrogen and oxygen atoms in total. The van der Waals surface area contributed by atoms with Crippen LogP contribution in [0, 0.1) is 5.92 Å². The zero-order valence-corrected chi connectivity index (χ0v) is 14.0. The third kappa shape index (κ3) is 3.69. The van der Waals surface area contributed by atoms with Crippen LogP contribution in [0.3, 0.4) is 0 Å². The van der Waals surface area contributed by atoms with E-state index in [9.17, 15) is 21.6 Å². The summed E-state index contributed by atoms with van der Waals surface area (Å²) in [5, 5.41) is 4.06. The first-order valence-corrected chi connectivity index (χ1v) is 9.23. The van der Waals surface area contributed by atoms with Gasteiger partial charge in [0, 0.05) is 25.0 Å². The molecule has 136 valence electrons. The molecule has 1 aliphatic heterocycles. The Hall–Kier alpha value is -1.94. The third-order valence-corrected chi connectivity index (χ3v) is 5.94. The van der Waals surface area contributed by atoms with Crippen molar-refractivity contribution in [3.8, 4) is 0 Å². The molecular formula is C15H17F3N4O2S. The summed E-state index contributed by atoms with van der Waals surface area (Å²) in [6.07, 6.45) is 2.18. The van der Waals surface area contributed by atoms with E-state index in [1.165, 1.54) is 6.33 Å². The van der Waals surface area contributed by atoms with Gasteiger partial charge in [0.15, 0.2) is 0 Å². The standard InChI is InChI=1S/C15H17F3N4O2S/c16-15(17,18)25(23,24)22-7-5-11(6-8-22)9-19-14-12-3-1-2-4-13(12)20-10-21-14/h1-4,10-11H,5-9H2,(H,19,20,21). The maximum atomic E-state index is 12.6. The Bertz CT molecular complexity index is 844. The lowest BCUT2D eigenvalue weighted by molar-refractivity contribution is -0.0496. The quantitative estimate of drug-likeness (QED) is 0.890. The molecule has 1 saturated heterocycles. The summed E-state index contributed by atoms with van der Waals surface area (Å²) < 4.78 is 61.1. The van der Waals surface area contributed by atoms with Gasteiger partial charge in [0.05, 0.1) is 5.52 Å². The molecule has 0 saturated carbocycles. The second-order valence-electron chi connectivity index (χ2n) is 5.91. The van der Waals surface area contributed by atoms with E-state index in [0.29, 0.717) is 29.5 Å². The van der Waals surface area contributed by atoms with Crippen molar-refractivity contribution in [2.45, 2.75) is 18.3 Å². The van der Waals surface area contributed by atoms with Gasteiger partial charge in [-0.05, 0) is 30.9 Å². The van der Waals surface area contributed by atoms with Crippen molar-refractivity contribution in [1.82, 2.24) is 14.3 Å². The van der Waals surface area contributed by atoms with Gasteiger partial charge < -0.3 is 5.32 Å². The van der Waals surface area contributed by atoms with Gasteiger partial charge in [-0.3, -0.25) is 0 Å². The van der Waals surface area contributed by atoms with E-state index in [1.54, 1.807) is 0 Å². The number of anilines is 1. The van der Waals surface area contributed by atoms with E-state index in [2.05, 4.69) is 15.3 Å². The molecule has 3 rings (SSSR count). The first-order chi connectivity index (χ1) is 11.8. The van der Waals surface area contributed by atoms with Gasteiger partial charge in [0.25, 0.3) is 0 Å². The van der Waals surface area contributed by atoms with Crippen LogP contribution in [0.25, 0.3) is 10.9 Å². The fourth-order valence-corrected chi connectivity index (χ4v) is 3.87. The Kier molecular flexibility index (Phi) is 4.83. The van der Waals surface area contributed by atoms with Crippen LogP contribution >= 0.6 is 0 Å². The highest BCUT2D eigenvalue weighted by Crippen LogP contribution is 2.30. The highest BCUT2D eigenvalue weighted by Gasteiger charge is 2.50. The van der Waals surface area contributed by atoms with Gasteiger partial charge in [0.1, 0.15) is 12.1 Å². The van der Waals surface area contributed by atoms with E-state index in [-0.39, 0.29) is 19.0 Å². The molecule has 10 heteroatoms. The predicted molar refractivity (Wildman–Crippen MR) is 87.3 cm³/mol. The van der Waals surface area contributed by atoms with Crippen molar-refractivity contribution in [2.75, 3.05) is 25.0 Å². The monoisotopic (exact) mass is 374 g/mol. The molecule has 0 unspecified atom stereocenters. The van der Waals surface area contributed by atoms with Crippen LogP contribution in [0.2, 0.25) is 0 Å². The first kappa shape index (κ1) is 17.9. The predicted octanol–water partition coefficient (Wildman–Crippen LogP) is 2.60. The molecule has 1 aliphatic rings. The second kappa shape index (κ2) is 6.75. The third-order valence-electron chi connectivity index (χ3n) is 4.31. The summed E-state index contributed by atoms with van der Waals surface area (Å²) in [4.78, 5) is 8.37. The Labute approximate surface area is 143 Å². The number of fused-ring (bicyclic) bond motifs is 1. The lowest BCUT2D eigenvalue weighted by Gasteiger charge is -2.31. The summed E-state index contributed by atoms with van der Waals surface area (Å²) in [7, 11) is -5.23. The van der Waals surface area contributed by atoms with Crippen LogP contribution in [0.1, 0.15) is 12.8 Å². The lowest BCUT2D eigenvalue weighted by Crippen LogP contribution is -2.45. The molecule has 0 atom stereocenters. The number of hydrogen-bond donors (Lipinski definition) is 1. The minimum Gasteiger partial charge on any atom is -0.369 e. The number of hydrogen-bond acceptors (Lipinski definition) is 5. The van der Waals surface area contributed by atoms with Crippen LogP contribution in [0.5, 0.6) is 0 Å². The van der Waals surface area contributed by atoms with E-state index >= 15 is 0 Å². The fourth-order valence-electron chi connectivity index (χ4n) is 2.89. The molecule has 0 bridgehead atoms. The van der Waals surface area contributed by atoms with E-state index in [4.69, 9.17) is 0 Å². The molecule has 1 N–H and O–H groups in total. The molecule has 1 aromatic heterocycles. The molecule has 25 heavy (non-hydrogen) atoms. The summed E-state index contributed by atoms with van der Waals surface area (Å²) in [5.41, 5.74) is -4.44. The van der Waals surface area contributed by atoms with Gasteiger partial charge in [-0.25, -0.2) is 18.4 Å². The summed E-state index contributed by atoms with van der Waals surface area (Å²) >= 11 is 0. The van der Waals surface area contributed by atoms with Gasteiger partial charge in [-0.2, -0.15) is 17.5 Å². The maximum absolute atomic E-state index is 12.6. The number of rotatable bonds is 4. The average Bonchev–Trinajstić information content (AvgIpc) is 2.59. The molecule has 1 aromatic carbocycles. The number of para-hydroxylation sites is 1. The second-order valence-corrected chi connectivity index (χ2v) is 7.84. The zero-order valence-electron chi connectivity index (χ0n) is 13.2. The smallest absolute Gasteiger partial charge is 0.369 e. The minimum atomic E-state index is -5.24. The Morgan fingerprint density at radius 3 is 2.52 bits per heavy atom. The average molecular weight is 374 g/mol.